The van der Waals surface area contributed by atoms with E-state index in [9.17, 15) is 18.7 Å². The lowest BCUT2D eigenvalue weighted by molar-refractivity contribution is -0.254. The van der Waals surface area contributed by atoms with Gasteiger partial charge < -0.3 is 14.5 Å². The molecular weight excluding hydrogens is 228 g/mol. The third-order valence-electron chi connectivity index (χ3n) is 2.76. The predicted molar refractivity (Wildman–Crippen MR) is 57.0 cm³/mol. The number of aromatic nitrogens is 1. The number of nitrogens with zero attached hydrogens (tertiary/aromatic N) is 1. The molecule has 0 amide bonds. The van der Waals surface area contributed by atoms with E-state index < -0.39 is 18.9 Å². The number of carbonyl (C=O) groups is 1. The second-order valence-electron chi connectivity index (χ2n) is 3.77. The zero-order valence-electron chi connectivity index (χ0n) is 9.11. The van der Waals surface area contributed by atoms with E-state index in [1.807, 2.05) is 0 Å². The van der Waals surface area contributed by atoms with Crippen molar-refractivity contribution in [2.75, 3.05) is 0 Å². The smallest absolute Gasteiger partial charge is 0.256 e. The first-order valence-corrected chi connectivity index (χ1v) is 5.09. The number of aromatic carboxylic acids is 1. The van der Waals surface area contributed by atoms with Crippen molar-refractivity contribution in [1.82, 2.24) is 4.57 Å². The Balaban J connectivity index is 2.75. The van der Waals surface area contributed by atoms with Gasteiger partial charge in [0.05, 0.1) is 12.5 Å². The number of rotatable bonds is 3. The Kier molecular flexibility index (Phi) is 2.83. The Morgan fingerprint density at radius 1 is 1.41 bits per heavy atom. The van der Waals surface area contributed by atoms with E-state index >= 15 is 0 Å². The number of alkyl halides is 2. The molecule has 0 saturated carbocycles. The molecule has 0 aliphatic rings. The van der Waals surface area contributed by atoms with Gasteiger partial charge in [-0.1, -0.05) is 18.2 Å². The highest BCUT2D eigenvalue weighted by Gasteiger charge is 2.16. The van der Waals surface area contributed by atoms with Crippen LogP contribution in [0.2, 0.25) is 0 Å². The van der Waals surface area contributed by atoms with Gasteiger partial charge in [-0.3, -0.25) is 0 Å². The molecule has 0 atom stereocenters. The van der Waals surface area contributed by atoms with E-state index in [1.54, 1.807) is 24.3 Å². The van der Waals surface area contributed by atoms with Crippen LogP contribution >= 0.6 is 0 Å². The molecule has 0 aliphatic carbocycles. The molecule has 2 aromatic rings. The first-order chi connectivity index (χ1) is 8.02. The predicted octanol–water partition coefficient (Wildman–Crippen LogP) is 1.58. The summed E-state index contributed by atoms with van der Waals surface area (Å²) in [7, 11) is 0. The van der Waals surface area contributed by atoms with E-state index in [0.29, 0.717) is 16.6 Å². The lowest BCUT2D eigenvalue weighted by atomic mass is 10.1. The highest BCUT2D eigenvalue weighted by Crippen LogP contribution is 2.25. The summed E-state index contributed by atoms with van der Waals surface area (Å²) in [6, 6.07) is 6.57. The first-order valence-electron chi connectivity index (χ1n) is 5.09. The molecule has 0 aliphatic heterocycles. The van der Waals surface area contributed by atoms with E-state index in [1.165, 1.54) is 11.5 Å². The van der Waals surface area contributed by atoms with E-state index in [4.69, 9.17) is 0 Å². The number of para-hydroxylation sites is 1. The standard InChI is InChI=1S/C12H11F2NO2/c1-7-11(12(16)17)8-4-2-3-5-9(8)15(7)6-10(13)14/h2-5,10H,6H2,1H3,(H,16,17)/p-1. The lowest BCUT2D eigenvalue weighted by Crippen LogP contribution is -2.23. The summed E-state index contributed by atoms with van der Waals surface area (Å²) in [4.78, 5) is 11.0. The number of carboxylic acids is 1. The zero-order valence-corrected chi connectivity index (χ0v) is 9.11. The van der Waals surface area contributed by atoms with E-state index in [0.717, 1.165) is 0 Å². The van der Waals surface area contributed by atoms with Crippen LogP contribution in [0.15, 0.2) is 24.3 Å². The second-order valence-corrected chi connectivity index (χ2v) is 3.77. The average molecular weight is 238 g/mol. The molecular formula is C12H10F2NO2-. The molecule has 1 heterocycles. The quantitative estimate of drug-likeness (QED) is 0.814. The summed E-state index contributed by atoms with van der Waals surface area (Å²) in [5, 5.41) is 11.5. The number of benzene rings is 1. The maximum atomic E-state index is 12.5. The summed E-state index contributed by atoms with van der Waals surface area (Å²) < 4.78 is 26.2. The normalized spacial score (nSPS) is 11.3. The molecule has 0 unspecified atom stereocenters. The van der Waals surface area contributed by atoms with E-state index in [2.05, 4.69) is 0 Å². The van der Waals surface area contributed by atoms with Gasteiger partial charge in [-0.25, -0.2) is 8.78 Å². The van der Waals surface area contributed by atoms with Gasteiger partial charge in [0.15, 0.2) is 0 Å². The van der Waals surface area contributed by atoms with Crippen LogP contribution < -0.4 is 5.11 Å². The number of hydrogen-bond acceptors (Lipinski definition) is 2. The second kappa shape index (κ2) is 4.16. The minimum atomic E-state index is -2.53. The maximum absolute atomic E-state index is 12.5. The van der Waals surface area contributed by atoms with Crippen LogP contribution in [-0.2, 0) is 6.54 Å². The number of hydrogen-bond donors (Lipinski definition) is 0. The van der Waals surface area contributed by atoms with Crippen LogP contribution in [0.3, 0.4) is 0 Å². The van der Waals surface area contributed by atoms with Crippen molar-refractivity contribution < 1.29 is 18.7 Å². The van der Waals surface area contributed by atoms with Gasteiger partial charge in [-0.05, 0) is 13.0 Å². The van der Waals surface area contributed by atoms with Gasteiger partial charge in [0, 0.05) is 22.2 Å². The molecule has 3 nitrogen and oxygen atoms in total. The Labute approximate surface area is 96.3 Å². The van der Waals surface area contributed by atoms with Crippen LogP contribution in [0.4, 0.5) is 8.78 Å². The van der Waals surface area contributed by atoms with Crippen molar-refractivity contribution in [2.24, 2.45) is 0 Å². The lowest BCUT2D eigenvalue weighted by Gasteiger charge is -2.07. The van der Waals surface area contributed by atoms with Gasteiger partial charge in [0.2, 0.25) is 0 Å². The van der Waals surface area contributed by atoms with Crippen molar-refractivity contribution in [1.29, 1.82) is 0 Å². The summed E-state index contributed by atoms with van der Waals surface area (Å²) in [5.74, 6) is -1.34. The minimum Gasteiger partial charge on any atom is -0.545 e. The summed E-state index contributed by atoms with van der Waals surface area (Å²) in [5.41, 5.74) is 0.775. The molecule has 90 valence electrons. The Bertz CT molecular complexity index is 575. The third-order valence-corrected chi connectivity index (χ3v) is 2.76. The van der Waals surface area contributed by atoms with Gasteiger partial charge >= 0.3 is 0 Å². The molecule has 0 fully saturated rings. The van der Waals surface area contributed by atoms with Gasteiger partial charge in [-0.2, -0.15) is 0 Å². The largest absolute Gasteiger partial charge is 0.545 e. The highest BCUT2D eigenvalue weighted by molar-refractivity contribution is 6.04. The number of fused-ring (bicyclic) bond motifs is 1. The minimum absolute atomic E-state index is 0.0127. The maximum Gasteiger partial charge on any atom is 0.256 e. The van der Waals surface area contributed by atoms with Crippen LogP contribution in [0.5, 0.6) is 0 Å². The average Bonchev–Trinajstić information content (AvgIpc) is 2.52. The number of carbonyl (C=O) groups excluding carboxylic acids is 1. The first kappa shape index (κ1) is 11.6. The van der Waals surface area contributed by atoms with Crippen molar-refractivity contribution in [2.45, 2.75) is 19.9 Å². The zero-order chi connectivity index (χ0) is 12.6. The fourth-order valence-electron chi connectivity index (χ4n) is 2.06. The molecule has 1 aromatic carbocycles. The van der Waals surface area contributed by atoms with Gasteiger partial charge in [0.1, 0.15) is 0 Å². The van der Waals surface area contributed by atoms with Gasteiger partial charge in [0.25, 0.3) is 6.43 Å². The van der Waals surface area contributed by atoms with E-state index in [-0.39, 0.29) is 5.56 Å². The molecule has 5 heteroatoms. The summed E-state index contributed by atoms with van der Waals surface area (Å²) in [6.07, 6.45) is -2.53. The van der Waals surface area contributed by atoms with Crippen LogP contribution in [0.1, 0.15) is 16.1 Å². The summed E-state index contributed by atoms with van der Waals surface area (Å²) >= 11 is 0. The van der Waals surface area contributed by atoms with Crippen LogP contribution in [0, 0.1) is 6.92 Å². The molecule has 0 radical (unpaired) electrons. The fourth-order valence-corrected chi connectivity index (χ4v) is 2.06. The van der Waals surface area contributed by atoms with Crippen molar-refractivity contribution in [3.63, 3.8) is 0 Å². The monoisotopic (exact) mass is 238 g/mol. The SMILES string of the molecule is Cc1c(C(=O)[O-])c2ccccc2n1CC(F)F. The molecule has 0 spiro atoms. The number of halogens is 2. The molecule has 0 bridgehead atoms. The number of carboxylic acid groups (broad SMARTS) is 1. The molecule has 1 aromatic heterocycles. The molecule has 0 saturated heterocycles. The topological polar surface area (TPSA) is 45.1 Å². The third kappa shape index (κ3) is 1.88. The van der Waals surface area contributed by atoms with Crippen LogP contribution in [-0.4, -0.2) is 17.0 Å². The Morgan fingerprint density at radius 2 is 2.06 bits per heavy atom. The van der Waals surface area contributed by atoms with Crippen molar-refractivity contribution >= 4 is 16.9 Å². The fraction of sp³-hybridized carbons (Fsp3) is 0.250. The Hall–Kier alpha value is -1.91. The molecule has 17 heavy (non-hydrogen) atoms. The van der Waals surface area contributed by atoms with Crippen molar-refractivity contribution in [3.8, 4) is 0 Å². The molecule has 2 rings (SSSR count). The summed E-state index contributed by atoms with van der Waals surface area (Å²) in [6.45, 7) is 0.993. The molecule has 0 N–H and O–H groups in total. The van der Waals surface area contributed by atoms with Crippen molar-refractivity contribution in [3.05, 3.63) is 35.5 Å². The van der Waals surface area contributed by atoms with Gasteiger partial charge in [-0.15, -0.1) is 0 Å². The highest BCUT2D eigenvalue weighted by atomic mass is 19.3. The Morgan fingerprint density at radius 3 is 2.65 bits per heavy atom. The van der Waals surface area contributed by atoms with Crippen LogP contribution in [0.25, 0.3) is 10.9 Å².